The molecular formula is C18H25ClN6O2S. The zero-order valence-corrected chi connectivity index (χ0v) is 17.9. The molecule has 0 aromatic carbocycles. The molecule has 0 atom stereocenters. The summed E-state index contributed by atoms with van der Waals surface area (Å²) in [5.74, 6) is 0.558. The highest BCUT2D eigenvalue weighted by molar-refractivity contribution is 7.15. The first-order valence-electron chi connectivity index (χ1n) is 9.09. The summed E-state index contributed by atoms with van der Waals surface area (Å²) in [6.07, 6.45) is 3.46. The largest absolute Gasteiger partial charge is 0.493 e. The predicted molar refractivity (Wildman–Crippen MR) is 113 cm³/mol. The zero-order chi connectivity index (χ0) is 20.1. The summed E-state index contributed by atoms with van der Waals surface area (Å²) < 4.78 is 5.26. The maximum atomic E-state index is 12.0. The average Bonchev–Trinajstić information content (AvgIpc) is 3.06. The number of anilines is 2. The van der Waals surface area contributed by atoms with Crippen LogP contribution in [0, 0.1) is 0 Å². The molecule has 2 aromatic rings. The molecule has 0 aliphatic carbocycles. The predicted octanol–water partition coefficient (Wildman–Crippen LogP) is 2.84. The molecular weight excluding hydrogens is 400 g/mol. The minimum atomic E-state index is -0.214. The van der Waals surface area contributed by atoms with Gasteiger partial charge in [-0.3, -0.25) is 5.32 Å². The van der Waals surface area contributed by atoms with Crippen LogP contribution in [0.4, 0.5) is 15.6 Å². The molecule has 2 aromatic heterocycles. The Morgan fingerprint density at radius 2 is 2.29 bits per heavy atom. The lowest BCUT2D eigenvalue weighted by molar-refractivity contribution is 0.251. The standard InChI is InChI=1S/C18H25ClN6O2S/c1-24(2)7-4-6-20-17(26)23-18-22-13-5-8-25(11-15(13)28-18)12-9-14(27-3)16(19)21-10-12/h9-10H,4-8,11H2,1-3H3,(H2,20,22,23,26). The lowest BCUT2D eigenvalue weighted by atomic mass is 10.1. The molecule has 28 heavy (non-hydrogen) atoms. The van der Waals surface area contributed by atoms with Gasteiger partial charge in [0.1, 0.15) is 0 Å². The van der Waals surface area contributed by atoms with Crippen LogP contribution in [-0.2, 0) is 13.0 Å². The molecule has 2 N–H and O–H groups in total. The number of halogens is 1. The number of nitrogens with zero attached hydrogens (tertiary/aromatic N) is 4. The Morgan fingerprint density at radius 1 is 1.46 bits per heavy atom. The highest BCUT2D eigenvalue weighted by atomic mass is 35.5. The van der Waals surface area contributed by atoms with E-state index in [1.165, 1.54) is 11.3 Å². The van der Waals surface area contributed by atoms with Crippen molar-refractivity contribution < 1.29 is 9.53 Å². The second-order valence-electron chi connectivity index (χ2n) is 6.78. The van der Waals surface area contributed by atoms with Crippen LogP contribution in [0.1, 0.15) is 17.0 Å². The van der Waals surface area contributed by atoms with E-state index in [4.69, 9.17) is 16.3 Å². The molecule has 0 fully saturated rings. The van der Waals surface area contributed by atoms with Crippen LogP contribution in [-0.4, -0.2) is 61.7 Å². The maximum absolute atomic E-state index is 12.0. The molecule has 2 amide bonds. The summed E-state index contributed by atoms with van der Waals surface area (Å²) in [4.78, 5) is 26.2. The molecule has 0 unspecified atom stereocenters. The summed E-state index contributed by atoms with van der Waals surface area (Å²) in [6, 6.07) is 1.68. The van der Waals surface area contributed by atoms with Gasteiger partial charge in [-0.25, -0.2) is 14.8 Å². The third-order valence-corrected chi connectivity index (χ3v) is 5.68. The van der Waals surface area contributed by atoms with Crippen LogP contribution < -0.4 is 20.3 Å². The number of ether oxygens (including phenoxy) is 1. The van der Waals surface area contributed by atoms with Gasteiger partial charge in [-0.15, -0.1) is 0 Å². The number of thiazole rings is 1. The number of methoxy groups -OCH3 is 1. The van der Waals surface area contributed by atoms with Crippen molar-refractivity contribution in [3.63, 3.8) is 0 Å². The number of carbonyl (C=O) groups excluding carboxylic acids is 1. The van der Waals surface area contributed by atoms with Gasteiger partial charge < -0.3 is 19.9 Å². The molecule has 0 spiro atoms. The van der Waals surface area contributed by atoms with E-state index in [1.807, 2.05) is 20.2 Å². The minimum Gasteiger partial charge on any atom is -0.493 e. The van der Waals surface area contributed by atoms with Gasteiger partial charge in [-0.2, -0.15) is 0 Å². The number of fused-ring (bicyclic) bond motifs is 1. The Kier molecular flexibility index (Phi) is 6.93. The van der Waals surface area contributed by atoms with E-state index >= 15 is 0 Å². The summed E-state index contributed by atoms with van der Waals surface area (Å²) in [5, 5.41) is 6.69. The molecule has 0 radical (unpaired) electrons. The van der Waals surface area contributed by atoms with Crippen molar-refractivity contribution in [2.24, 2.45) is 0 Å². The van der Waals surface area contributed by atoms with Gasteiger partial charge in [-0.05, 0) is 27.1 Å². The van der Waals surface area contributed by atoms with Gasteiger partial charge >= 0.3 is 6.03 Å². The Labute approximate surface area is 173 Å². The summed E-state index contributed by atoms with van der Waals surface area (Å²) in [6.45, 7) is 3.10. The van der Waals surface area contributed by atoms with Gasteiger partial charge in [0.05, 0.1) is 31.2 Å². The first kappa shape index (κ1) is 20.6. The van der Waals surface area contributed by atoms with Crippen molar-refractivity contribution in [2.45, 2.75) is 19.4 Å². The van der Waals surface area contributed by atoms with Crippen LogP contribution in [0.25, 0.3) is 0 Å². The fraction of sp³-hybridized carbons (Fsp3) is 0.500. The van der Waals surface area contributed by atoms with Crippen molar-refractivity contribution >= 4 is 39.8 Å². The lowest BCUT2D eigenvalue weighted by Crippen LogP contribution is -2.31. The first-order chi connectivity index (χ1) is 13.5. The van der Waals surface area contributed by atoms with Crippen LogP contribution in [0.3, 0.4) is 0 Å². The highest BCUT2D eigenvalue weighted by Gasteiger charge is 2.22. The average molecular weight is 425 g/mol. The van der Waals surface area contributed by atoms with Gasteiger partial charge in [0, 0.05) is 30.5 Å². The third-order valence-electron chi connectivity index (χ3n) is 4.40. The number of hydrogen-bond acceptors (Lipinski definition) is 7. The summed E-state index contributed by atoms with van der Waals surface area (Å²) in [7, 11) is 5.60. The van der Waals surface area contributed by atoms with E-state index in [0.717, 1.165) is 42.2 Å². The summed E-state index contributed by atoms with van der Waals surface area (Å²) >= 11 is 7.53. The van der Waals surface area contributed by atoms with E-state index in [2.05, 4.69) is 30.4 Å². The number of urea groups is 1. The van der Waals surface area contributed by atoms with Crippen molar-refractivity contribution in [2.75, 3.05) is 51.1 Å². The molecule has 3 rings (SSSR count). The van der Waals surface area contributed by atoms with Gasteiger partial charge in [0.25, 0.3) is 0 Å². The summed E-state index contributed by atoms with van der Waals surface area (Å²) in [5.41, 5.74) is 1.99. The zero-order valence-electron chi connectivity index (χ0n) is 16.3. The van der Waals surface area contributed by atoms with Gasteiger partial charge in [0.15, 0.2) is 16.0 Å². The molecule has 1 aliphatic heterocycles. The number of nitrogens with one attached hydrogen (secondary N) is 2. The van der Waals surface area contributed by atoms with E-state index in [1.54, 1.807) is 13.3 Å². The van der Waals surface area contributed by atoms with Crippen molar-refractivity contribution in [1.29, 1.82) is 0 Å². The fourth-order valence-electron chi connectivity index (χ4n) is 2.94. The van der Waals surface area contributed by atoms with Crippen LogP contribution >= 0.6 is 22.9 Å². The van der Waals surface area contributed by atoms with Crippen molar-refractivity contribution in [3.8, 4) is 5.75 Å². The van der Waals surface area contributed by atoms with E-state index in [9.17, 15) is 4.79 Å². The SMILES string of the molecule is COc1cc(N2CCc3nc(NC(=O)NCCCN(C)C)sc3C2)cnc1Cl. The van der Waals surface area contributed by atoms with Crippen LogP contribution in [0.5, 0.6) is 5.75 Å². The molecule has 152 valence electrons. The van der Waals surface area contributed by atoms with Crippen molar-refractivity contribution in [3.05, 3.63) is 28.0 Å². The molecule has 10 heteroatoms. The Bertz CT molecular complexity index is 828. The minimum absolute atomic E-state index is 0.214. The van der Waals surface area contributed by atoms with Gasteiger partial charge in [-0.1, -0.05) is 22.9 Å². The molecule has 0 saturated heterocycles. The van der Waals surface area contributed by atoms with Crippen LogP contribution in [0.2, 0.25) is 5.15 Å². The molecule has 1 aliphatic rings. The molecule has 8 nitrogen and oxygen atoms in total. The molecule has 0 bridgehead atoms. The topological polar surface area (TPSA) is 82.6 Å². The number of hydrogen-bond donors (Lipinski definition) is 2. The van der Waals surface area contributed by atoms with Gasteiger partial charge in [0.2, 0.25) is 0 Å². The number of carbonyl (C=O) groups is 1. The van der Waals surface area contributed by atoms with E-state index < -0.39 is 0 Å². The second kappa shape index (κ2) is 9.40. The number of rotatable bonds is 7. The fourth-order valence-corrected chi connectivity index (χ4v) is 4.14. The number of amides is 2. The normalized spacial score (nSPS) is 13.4. The number of pyridine rings is 1. The van der Waals surface area contributed by atoms with E-state index in [-0.39, 0.29) is 6.03 Å². The van der Waals surface area contributed by atoms with Crippen LogP contribution in [0.15, 0.2) is 12.3 Å². The quantitative estimate of drug-likeness (QED) is 0.525. The first-order valence-corrected chi connectivity index (χ1v) is 10.3. The van der Waals surface area contributed by atoms with Crippen molar-refractivity contribution in [1.82, 2.24) is 20.2 Å². The highest BCUT2D eigenvalue weighted by Crippen LogP contribution is 2.33. The monoisotopic (exact) mass is 424 g/mol. The molecule has 3 heterocycles. The third kappa shape index (κ3) is 5.24. The van der Waals surface area contributed by atoms with E-state index in [0.29, 0.717) is 29.1 Å². The smallest absolute Gasteiger partial charge is 0.321 e. The second-order valence-corrected chi connectivity index (χ2v) is 8.23. The Morgan fingerprint density at radius 3 is 3.04 bits per heavy atom. The number of aromatic nitrogens is 2. The Balaban J connectivity index is 1.58. The Hall–Kier alpha value is -2.10. The molecule has 0 saturated carbocycles. The lowest BCUT2D eigenvalue weighted by Gasteiger charge is -2.28. The maximum Gasteiger partial charge on any atom is 0.321 e.